The second kappa shape index (κ2) is 9.88. The summed E-state index contributed by atoms with van der Waals surface area (Å²) < 4.78 is 5.14. The van der Waals surface area contributed by atoms with Crippen molar-refractivity contribution in [2.45, 2.75) is 25.0 Å². The van der Waals surface area contributed by atoms with E-state index in [1.807, 2.05) is 23.9 Å². The number of hydrogen-bond donors (Lipinski definition) is 2. The Bertz CT molecular complexity index is 643. The van der Waals surface area contributed by atoms with Crippen molar-refractivity contribution >= 4 is 23.4 Å². The van der Waals surface area contributed by atoms with Crippen molar-refractivity contribution in [2.75, 3.05) is 18.2 Å². The van der Waals surface area contributed by atoms with Crippen LogP contribution in [-0.2, 0) is 10.5 Å². The first-order chi connectivity index (χ1) is 11.7. The third-order valence-electron chi connectivity index (χ3n) is 3.55. The molecule has 0 unspecified atom stereocenters. The van der Waals surface area contributed by atoms with Crippen molar-refractivity contribution in [1.82, 2.24) is 0 Å². The Morgan fingerprint density at radius 1 is 1.12 bits per heavy atom. The fourth-order valence-electron chi connectivity index (χ4n) is 2.19. The van der Waals surface area contributed by atoms with E-state index in [-0.39, 0.29) is 11.7 Å². The second-order valence-electron chi connectivity index (χ2n) is 5.42. The molecule has 0 heterocycles. The van der Waals surface area contributed by atoms with Gasteiger partial charge in [-0.15, -0.1) is 0 Å². The standard InChI is InChI=1S/C19H23NO3S/c1-23-16-11-9-15(10-12-16)14-24-13-5-4-8-19(22)20-17-6-2-3-7-18(17)21/h2-3,6-7,9-12,21H,4-5,8,13-14H2,1H3,(H,20,22). The van der Waals surface area contributed by atoms with Gasteiger partial charge in [-0.25, -0.2) is 0 Å². The van der Waals surface area contributed by atoms with Crippen LogP contribution in [0.4, 0.5) is 5.69 Å². The van der Waals surface area contributed by atoms with Crippen LogP contribution in [0, 0.1) is 0 Å². The highest BCUT2D eigenvalue weighted by Crippen LogP contribution is 2.22. The number of para-hydroxylation sites is 2. The number of rotatable bonds is 9. The molecule has 0 bridgehead atoms. The van der Waals surface area contributed by atoms with Crippen LogP contribution < -0.4 is 10.1 Å². The van der Waals surface area contributed by atoms with E-state index >= 15 is 0 Å². The van der Waals surface area contributed by atoms with Crippen LogP contribution in [0.2, 0.25) is 0 Å². The molecular formula is C19H23NO3S. The van der Waals surface area contributed by atoms with E-state index in [0.717, 1.165) is 30.1 Å². The molecule has 128 valence electrons. The van der Waals surface area contributed by atoms with E-state index in [9.17, 15) is 9.90 Å². The van der Waals surface area contributed by atoms with E-state index in [1.165, 1.54) is 5.56 Å². The molecule has 0 fully saturated rings. The number of hydrogen-bond acceptors (Lipinski definition) is 4. The maximum absolute atomic E-state index is 11.8. The molecular weight excluding hydrogens is 322 g/mol. The van der Waals surface area contributed by atoms with Gasteiger partial charge in [0.25, 0.3) is 0 Å². The zero-order valence-electron chi connectivity index (χ0n) is 13.8. The number of amides is 1. The summed E-state index contributed by atoms with van der Waals surface area (Å²) >= 11 is 1.87. The first kappa shape index (κ1) is 18.2. The Hall–Kier alpha value is -2.14. The van der Waals surface area contributed by atoms with Gasteiger partial charge in [0.15, 0.2) is 0 Å². The average Bonchev–Trinajstić information content (AvgIpc) is 2.60. The van der Waals surface area contributed by atoms with Crippen molar-refractivity contribution in [1.29, 1.82) is 0 Å². The largest absolute Gasteiger partial charge is 0.506 e. The molecule has 0 aliphatic heterocycles. The maximum Gasteiger partial charge on any atom is 0.224 e. The van der Waals surface area contributed by atoms with Crippen LogP contribution in [0.1, 0.15) is 24.8 Å². The molecule has 1 amide bonds. The molecule has 0 spiro atoms. The zero-order valence-corrected chi connectivity index (χ0v) is 14.6. The van der Waals surface area contributed by atoms with Crippen molar-refractivity contribution in [3.05, 3.63) is 54.1 Å². The van der Waals surface area contributed by atoms with E-state index in [2.05, 4.69) is 17.4 Å². The van der Waals surface area contributed by atoms with Gasteiger partial charge >= 0.3 is 0 Å². The van der Waals surface area contributed by atoms with Gasteiger partial charge in [0.2, 0.25) is 5.91 Å². The first-order valence-electron chi connectivity index (χ1n) is 7.97. The highest BCUT2D eigenvalue weighted by Gasteiger charge is 2.05. The lowest BCUT2D eigenvalue weighted by atomic mass is 10.2. The number of nitrogens with one attached hydrogen (secondary N) is 1. The Balaban J connectivity index is 1.57. The number of carbonyl (C=O) groups is 1. The number of ether oxygens (including phenoxy) is 1. The quantitative estimate of drug-likeness (QED) is 0.521. The zero-order chi connectivity index (χ0) is 17.2. The van der Waals surface area contributed by atoms with E-state index in [4.69, 9.17) is 4.74 Å². The number of anilines is 1. The fourth-order valence-corrected chi connectivity index (χ4v) is 3.17. The minimum atomic E-state index is -0.0587. The van der Waals surface area contributed by atoms with Crippen LogP contribution >= 0.6 is 11.8 Å². The van der Waals surface area contributed by atoms with Crippen LogP contribution in [0.15, 0.2) is 48.5 Å². The highest BCUT2D eigenvalue weighted by molar-refractivity contribution is 7.98. The summed E-state index contributed by atoms with van der Waals surface area (Å²) in [5.41, 5.74) is 1.74. The summed E-state index contributed by atoms with van der Waals surface area (Å²) in [7, 11) is 1.67. The number of unbranched alkanes of at least 4 members (excludes halogenated alkanes) is 1. The molecule has 0 aliphatic rings. The van der Waals surface area contributed by atoms with Crippen molar-refractivity contribution < 1.29 is 14.6 Å². The molecule has 5 heteroatoms. The van der Waals surface area contributed by atoms with Crippen LogP contribution in [0.3, 0.4) is 0 Å². The Morgan fingerprint density at radius 3 is 2.58 bits per heavy atom. The molecule has 0 atom stereocenters. The number of aromatic hydroxyl groups is 1. The summed E-state index contributed by atoms with van der Waals surface area (Å²) in [4.78, 5) is 11.8. The minimum absolute atomic E-state index is 0.0587. The number of methoxy groups -OCH3 is 1. The SMILES string of the molecule is COc1ccc(CSCCCCC(=O)Nc2ccccc2O)cc1. The van der Waals surface area contributed by atoms with Gasteiger partial charge in [-0.1, -0.05) is 24.3 Å². The Kier molecular flexibility index (Phi) is 7.49. The van der Waals surface area contributed by atoms with Crippen molar-refractivity contribution in [2.24, 2.45) is 0 Å². The molecule has 4 nitrogen and oxygen atoms in total. The predicted octanol–water partition coefficient (Wildman–Crippen LogP) is 4.44. The van der Waals surface area contributed by atoms with Gasteiger partial charge in [0, 0.05) is 12.2 Å². The summed E-state index contributed by atoms with van der Waals surface area (Å²) in [6.07, 6.45) is 2.31. The fraction of sp³-hybridized carbons (Fsp3) is 0.316. The molecule has 2 aromatic carbocycles. The molecule has 24 heavy (non-hydrogen) atoms. The Morgan fingerprint density at radius 2 is 1.88 bits per heavy atom. The van der Waals surface area contributed by atoms with Crippen molar-refractivity contribution in [3.63, 3.8) is 0 Å². The lowest BCUT2D eigenvalue weighted by Gasteiger charge is -2.07. The normalized spacial score (nSPS) is 10.4. The molecule has 0 aromatic heterocycles. The average molecular weight is 345 g/mol. The van der Waals surface area contributed by atoms with Gasteiger partial charge < -0.3 is 15.2 Å². The number of phenols is 1. The number of thioether (sulfide) groups is 1. The molecule has 2 aromatic rings. The Labute approximate surface area is 147 Å². The third-order valence-corrected chi connectivity index (χ3v) is 4.66. The smallest absolute Gasteiger partial charge is 0.224 e. The van der Waals surface area contributed by atoms with E-state index in [1.54, 1.807) is 31.4 Å². The maximum atomic E-state index is 11.8. The number of benzene rings is 2. The van der Waals surface area contributed by atoms with Gasteiger partial charge in [0.1, 0.15) is 11.5 Å². The summed E-state index contributed by atoms with van der Waals surface area (Å²) in [5, 5.41) is 12.3. The molecule has 0 aliphatic carbocycles. The first-order valence-corrected chi connectivity index (χ1v) is 9.13. The topological polar surface area (TPSA) is 58.6 Å². The molecule has 0 saturated heterocycles. The van der Waals surface area contributed by atoms with Gasteiger partial charge in [-0.05, 0) is 48.4 Å². The van der Waals surface area contributed by atoms with Gasteiger partial charge in [0.05, 0.1) is 12.8 Å². The number of carbonyl (C=O) groups excluding carboxylic acids is 1. The predicted molar refractivity (Wildman–Crippen MR) is 99.7 cm³/mol. The van der Waals surface area contributed by atoms with E-state index < -0.39 is 0 Å². The molecule has 2 N–H and O–H groups in total. The highest BCUT2D eigenvalue weighted by atomic mass is 32.2. The van der Waals surface area contributed by atoms with Crippen LogP contribution in [-0.4, -0.2) is 23.9 Å². The summed E-state index contributed by atoms with van der Waals surface area (Å²) in [6.45, 7) is 0. The second-order valence-corrected chi connectivity index (χ2v) is 6.53. The third kappa shape index (κ3) is 6.16. The monoisotopic (exact) mass is 345 g/mol. The van der Waals surface area contributed by atoms with Crippen molar-refractivity contribution in [3.8, 4) is 11.5 Å². The van der Waals surface area contributed by atoms with Crippen LogP contribution in [0.5, 0.6) is 11.5 Å². The summed E-state index contributed by atoms with van der Waals surface area (Å²) in [6, 6.07) is 14.9. The number of phenolic OH excluding ortho intramolecular Hbond substituents is 1. The van der Waals surface area contributed by atoms with Gasteiger partial charge in [-0.2, -0.15) is 11.8 Å². The lowest BCUT2D eigenvalue weighted by molar-refractivity contribution is -0.116. The molecule has 2 rings (SSSR count). The van der Waals surface area contributed by atoms with Crippen LogP contribution in [0.25, 0.3) is 0 Å². The summed E-state index contributed by atoms with van der Waals surface area (Å²) in [5.74, 6) is 2.90. The minimum Gasteiger partial charge on any atom is -0.506 e. The molecule has 0 radical (unpaired) electrons. The van der Waals surface area contributed by atoms with Gasteiger partial charge in [-0.3, -0.25) is 4.79 Å². The van der Waals surface area contributed by atoms with E-state index in [0.29, 0.717) is 12.1 Å². The molecule has 0 saturated carbocycles. The lowest BCUT2D eigenvalue weighted by Crippen LogP contribution is -2.11.